The zero-order valence-corrected chi connectivity index (χ0v) is 20.2. The summed E-state index contributed by atoms with van der Waals surface area (Å²) >= 11 is 12.6. The highest BCUT2D eigenvalue weighted by Gasteiger charge is 2.63. The maximum atomic E-state index is 13.5. The van der Waals surface area contributed by atoms with Crippen molar-refractivity contribution in [3.8, 4) is 0 Å². The van der Waals surface area contributed by atoms with E-state index in [1.807, 2.05) is 30.3 Å². The molecule has 1 saturated heterocycles. The summed E-state index contributed by atoms with van der Waals surface area (Å²) in [6, 6.07) is 15.9. The van der Waals surface area contributed by atoms with Gasteiger partial charge in [0.1, 0.15) is 0 Å². The highest BCUT2D eigenvalue weighted by molar-refractivity contribution is 6.30. The van der Waals surface area contributed by atoms with Gasteiger partial charge in [-0.25, -0.2) is 0 Å². The number of piperidine rings is 1. The summed E-state index contributed by atoms with van der Waals surface area (Å²) in [4.78, 5) is 25.2. The number of benzene rings is 2. The van der Waals surface area contributed by atoms with Crippen LogP contribution in [0.15, 0.2) is 48.5 Å². The van der Waals surface area contributed by atoms with Crippen LogP contribution in [-0.4, -0.2) is 23.0 Å². The molecule has 3 aliphatic rings. The van der Waals surface area contributed by atoms with Gasteiger partial charge in [-0.3, -0.25) is 9.59 Å². The monoisotopic (exact) mass is 485 g/mol. The Bertz CT molecular complexity index is 1070. The first-order chi connectivity index (χ1) is 15.7. The Kier molecular flexibility index (Phi) is 5.73. The molecule has 4 nitrogen and oxygen atoms in total. The predicted octanol–water partition coefficient (Wildman–Crippen LogP) is 6.20. The van der Waals surface area contributed by atoms with Gasteiger partial charge < -0.3 is 10.4 Å². The van der Waals surface area contributed by atoms with Gasteiger partial charge in [-0.2, -0.15) is 0 Å². The number of aliphatic carboxylic acids is 1. The van der Waals surface area contributed by atoms with E-state index in [1.54, 1.807) is 6.92 Å². The molecule has 3 atom stereocenters. The van der Waals surface area contributed by atoms with Crippen LogP contribution in [0.25, 0.3) is 0 Å². The molecule has 2 N–H and O–H groups in total. The third-order valence-electron chi connectivity index (χ3n) is 8.09. The van der Waals surface area contributed by atoms with E-state index >= 15 is 0 Å². The quantitative estimate of drug-likeness (QED) is 0.490. The molecule has 2 aromatic rings. The number of carboxylic acids is 1. The summed E-state index contributed by atoms with van der Waals surface area (Å²) in [6.07, 6.45) is 4.84. The van der Waals surface area contributed by atoms with Gasteiger partial charge in [0, 0.05) is 27.4 Å². The maximum absolute atomic E-state index is 13.5. The van der Waals surface area contributed by atoms with Crippen LogP contribution < -0.4 is 5.32 Å². The van der Waals surface area contributed by atoms with Gasteiger partial charge in [0.15, 0.2) is 0 Å². The van der Waals surface area contributed by atoms with Crippen molar-refractivity contribution < 1.29 is 14.7 Å². The molecule has 3 fully saturated rings. The molecule has 6 heteroatoms. The standard InChI is InChI=1S/C27H29Cl2NO3/c1-26(15-23(31)32)14-22(16-3-2-4-21(29)13-16)24(30-25(26)33)27(17-5-6-17,18-7-8-18)19-9-11-20(28)12-10-19/h2-4,9-13,17-18,22,24H,5-8,14-15H2,1H3,(H,30,33)(H,31,32). The molecular weight excluding hydrogens is 457 g/mol. The number of hydrogen-bond donors (Lipinski definition) is 2. The number of nitrogens with one attached hydrogen (secondary N) is 1. The maximum Gasteiger partial charge on any atom is 0.304 e. The number of amides is 1. The highest BCUT2D eigenvalue weighted by Crippen LogP contribution is 2.64. The van der Waals surface area contributed by atoms with Gasteiger partial charge in [0.05, 0.1) is 11.8 Å². The molecule has 33 heavy (non-hydrogen) atoms. The van der Waals surface area contributed by atoms with E-state index in [-0.39, 0.29) is 29.7 Å². The van der Waals surface area contributed by atoms with Crippen molar-refractivity contribution in [2.24, 2.45) is 17.3 Å². The summed E-state index contributed by atoms with van der Waals surface area (Å²) in [7, 11) is 0. The molecule has 0 aromatic heterocycles. The zero-order valence-electron chi connectivity index (χ0n) is 18.7. The predicted molar refractivity (Wildman–Crippen MR) is 130 cm³/mol. The molecule has 2 saturated carbocycles. The fourth-order valence-electron chi connectivity index (χ4n) is 6.45. The number of rotatable bonds is 7. The zero-order chi connectivity index (χ0) is 23.4. The summed E-state index contributed by atoms with van der Waals surface area (Å²) in [5.41, 5.74) is 1.12. The second-order valence-corrected chi connectivity index (χ2v) is 11.3. The van der Waals surface area contributed by atoms with Gasteiger partial charge in [0.2, 0.25) is 5.91 Å². The topological polar surface area (TPSA) is 66.4 Å². The van der Waals surface area contributed by atoms with Crippen LogP contribution in [0.1, 0.15) is 62.5 Å². The van der Waals surface area contributed by atoms with Gasteiger partial charge in [-0.05, 0) is 79.3 Å². The van der Waals surface area contributed by atoms with E-state index in [1.165, 1.54) is 5.56 Å². The summed E-state index contributed by atoms with van der Waals surface area (Å²) < 4.78 is 0. The lowest BCUT2D eigenvalue weighted by atomic mass is 9.57. The van der Waals surface area contributed by atoms with Crippen LogP contribution in [0, 0.1) is 17.3 Å². The van der Waals surface area contributed by atoms with Gasteiger partial charge in [-0.15, -0.1) is 0 Å². The van der Waals surface area contributed by atoms with E-state index in [9.17, 15) is 14.7 Å². The van der Waals surface area contributed by atoms with Crippen LogP contribution in [0.3, 0.4) is 0 Å². The van der Waals surface area contributed by atoms with Gasteiger partial charge in [0.25, 0.3) is 0 Å². The first-order valence-electron chi connectivity index (χ1n) is 11.8. The molecule has 1 amide bonds. The third kappa shape index (κ3) is 4.06. The number of halogens is 2. The van der Waals surface area contributed by atoms with Crippen molar-refractivity contribution in [2.75, 3.05) is 0 Å². The molecular formula is C27H29Cl2NO3. The van der Waals surface area contributed by atoms with E-state index in [0.29, 0.717) is 28.3 Å². The normalized spacial score (nSPS) is 27.8. The van der Waals surface area contributed by atoms with Crippen molar-refractivity contribution >= 4 is 35.1 Å². The first kappa shape index (κ1) is 22.7. The van der Waals surface area contributed by atoms with Gasteiger partial charge >= 0.3 is 5.97 Å². The van der Waals surface area contributed by atoms with Crippen molar-refractivity contribution in [1.82, 2.24) is 5.32 Å². The Hall–Kier alpha value is -2.04. The van der Waals surface area contributed by atoms with E-state index in [2.05, 4.69) is 23.5 Å². The molecule has 1 heterocycles. The van der Waals surface area contributed by atoms with Crippen LogP contribution in [0.5, 0.6) is 0 Å². The molecule has 0 bridgehead atoms. The highest BCUT2D eigenvalue weighted by atomic mass is 35.5. The fourth-order valence-corrected chi connectivity index (χ4v) is 6.78. The summed E-state index contributed by atoms with van der Waals surface area (Å²) in [5.74, 6) is -0.177. The minimum absolute atomic E-state index is 0.0392. The van der Waals surface area contributed by atoms with Crippen molar-refractivity contribution in [2.45, 2.75) is 62.8 Å². The summed E-state index contributed by atoms with van der Waals surface area (Å²) in [6.45, 7) is 1.78. The van der Waals surface area contributed by atoms with Crippen LogP contribution >= 0.6 is 23.2 Å². The smallest absolute Gasteiger partial charge is 0.304 e. The minimum atomic E-state index is -0.978. The van der Waals surface area contributed by atoms with Crippen LogP contribution in [0.2, 0.25) is 10.0 Å². The first-order valence-corrected chi connectivity index (χ1v) is 12.5. The van der Waals surface area contributed by atoms with E-state index in [4.69, 9.17) is 23.2 Å². The van der Waals surface area contributed by atoms with E-state index in [0.717, 1.165) is 31.2 Å². The molecule has 1 aliphatic heterocycles. The molecule has 2 aromatic carbocycles. The SMILES string of the molecule is CC1(CC(=O)O)CC(c2cccc(Cl)c2)C(C(c2ccc(Cl)cc2)(C2CC2)C2CC2)NC1=O. The molecule has 2 aliphatic carbocycles. The van der Waals surface area contributed by atoms with E-state index < -0.39 is 11.4 Å². The van der Waals surface area contributed by atoms with Crippen molar-refractivity contribution in [1.29, 1.82) is 0 Å². The molecule has 5 rings (SSSR count). The average Bonchev–Trinajstić information content (AvgIpc) is 3.66. The van der Waals surface area contributed by atoms with Crippen LogP contribution in [-0.2, 0) is 15.0 Å². The second kappa shape index (κ2) is 8.32. The largest absolute Gasteiger partial charge is 0.481 e. The Labute approximate surface area is 204 Å². The van der Waals surface area contributed by atoms with Crippen molar-refractivity contribution in [3.05, 3.63) is 69.7 Å². The van der Waals surface area contributed by atoms with Gasteiger partial charge in [-0.1, -0.05) is 54.4 Å². The lowest BCUT2D eigenvalue weighted by molar-refractivity contribution is -0.148. The summed E-state index contributed by atoms with van der Waals surface area (Å²) in [5, 5.41) is 14.3. The molecule has 174 valence electrons. The minimum Gasteiger partial charge on any atom is -0.481 e. The second-order valence-electron chi connectivity index (χ2n) is 10.4. The molecule has 0 radical (unpaired) electrons. The molecule has 0 spiro atoms. The average molecular weight is 486 g/mol. The Morgan fingerprint density at radius 1 is 1.06 bits per heavy atom. The van der Waals surface area contributed by atoms with Crippen molar-refractivity contribution in [3.63, 3.8) is 0 Å². The number of carbonyl (C=O) groups is 2. The Balaban J connectivity index is 1.66. The third-order valence-corrected chi connectivity index (χ3v) is 8.58. The Morgan fingerprint density at radius 2 is 1.70 bits per heavy atom. The number of carbonyl (C=O) groups excluding carboxylic acids is 1. The fraction of sp³-hybridized carbons (Fsp3) is 0.481. The Morgan fingerprint density at radius 3 is 2.24 bits per heavy atom. The number of carboxylic acid groups (broad SMARTS) is 1. The lowest BCUT2D eigenvalue weighted by Gasteiger charge is -2.52. The molecule has 3 unspecified atom stereocenters. The number of hydrogen-bond acceptors (Lipinski definition) is 2. The van der Waals surface area contributed by atoms with Crippen LogP contribution in [0.4, 0.5) is 0 Å². The lowest BCUT2D eigenvalue weighted by Crippen LogP contribution is -2.63.